The molecule has 4 rings (SSSR count). The second-order valence-corrected chi connectivity index (χ2v) is 6.44. The summed E-state index contributed by atoms with van der Waals surface area (Å²) in [5.74, 6) is 1.32. The first-order valence-electron chi connectivity index (χ1n) is 8.43. The molecule has 0 spiro atoms. The van der Waals surface area contributed by atoms with Crippen LogP contribution in [0.25, 0.3) is 23.0 Å². The van der Waals surface area contributed by atoms with Gasteiger partial charge >= 0.3 is 0 Å². The summed E-state index contributed by atoms with van der Waals surface area (Å²) in [7, 11) is 1.59. The highest BCUT2D eigenvalue weighted by atomic mass is 35.5. The van der Waals surface area contributed by atoms with Crippen molar-refractivity contribution < 1.29 is 9.26 Å². The van der Waals surface area contributed by atoms with Gasteiger partial charge in [-0.15, -0.1) is 0 Å². The van der Waals surface area contributed by atoms with E-state index in [1.807, 2.05) is 30.3 Å². The number of hydrogen-bond acceptors (Lipinski definition) is 6. The van der Waals surface area contributed by atoms with Gasteiger partial charge in [0.2, 0.25) is 5.82 Å². The van der Waals surface area contributed by atoms with Crippen LogP contribution in [0.4, 0.5) is 0 Å². The summed E-state index contributed by atoms with van der Waals surface area (Å²) in [6.07, 6.45) is 0. The van der Waals surface area contributed by atoms with Crippen LogP contribution in [0.15, 0.2) is 70.0 Å². The van der Waals surface area contributed by atoms with Crippen molar-refractivity contribution in [2.45, 2.75) is 6.54 Å². The van der Waals surface area contributed by atoms with E-state index in [0.717, 1.165) is 11.1 Å². The first-order chi connectivity index (χ1) is 13.6. The number of aromatic nitrogens is 4. The highest BCUT2D eigenvalue weighted by Crippen LogP contribution is 2.23. The molecule has 2 aromatic heterocycles. The Morgan fingerprint density at radius 1 is 1.11 bits per heavy atom. The molecule has 140 valence electrons. The highest BCUT2D eigenvalue weighted by Gasteiger charge is 2.14. The zero-order valence-corrected chi connectivity index (χ0v) is 15.6. The lowest BCUT2D eigenvalue weighted by Gasteiger charge is -2.07. The van der Waals surface area contributed by atoms with E-state index in [0.29, 0.717) is 28.8 Å². The van der Waals surface area contributed by atoms with Crippen LogP contribution in [0.5, 0.6) is 5.75 Å². The number of methoxy groups -OCH3 is 1. The molecule has 0 unspecified atom stereocenters. The van der Waals surface area contributed by atoms with Gasteiger partial charge in [0, 0.05) is 16.7 Å². The maximum Gasteiger partial charge on any atom is 0.278 e. The van der Waals surface area contributed by atoms with Gasteiger partial charge in [-0.3, -0.25) is 4.79 Å². The zero-order valence-electron chi connectivity index (χ0n) is 14.9. The van der Waals surface area contributed by atoms with Crippen LogP contribution in [0.2, 0.25) is 5.02 Å². The van der Waals surface area contributed by atoms with E-state index in [1.54, 1.807) is 31.4 Å². The van der Waals surface area contributed by atoms with E-state index in [2.05, 4.69) is 15.2 Å². The molecule has 0 fully saturated rings. The summed E-state index contributed by atoms with van der Waals surface area (Å²) in [6.45, 7) is 0.291. The van der Waals surface area contributed by atoms with Crippen molar-refractivity contribution in [3.05, 3.63) is 81.6 Å². The molecule has 2 heterocycles. The molecule has 0 radical (unpaired) electrons. The number of ether oxygens (including phenoxy) is 1. The Balaban J connectivity index is 1.65. The molecule has 2 aromatic carbocycles. The van der Waals surface area contributed by atoms with Crippen LogP contribution in [-0.2, 0) is 6.54 Å². The molecule has 28 heavy (non-hydrogen) atoms. The van der Waals surface area contributed by atoms with Crippen molar-refractivity contribution in [3.8, 4) is 28.7 Å². The van der Waals surface area contributed by atoms with Crippen LogP contribution >= 0.6 is 11.6 Å². The van der Waals surface area contributed by atoms with Crippen LogP contribution in [0, 0.1) is 0 Å². The molecule has 7 nitrogen and oxygen atoms in total. The van der Waals surface area contributed by atoms with Crippen molar-refractivity contribution in [2.24, 2.45) is 0 Å². The van der Waals surface area contributed by atoms with Gasteiger partial charge in [0.05, 0.1) is 13.7 Å². The molecule has 0 atom stereocenters. The number of rotatable bonds is 5. The predicted octanol–water partition coefficient (Wildman–Crippen LogP) is 3.67. The van der Waals surface area contributed by atoms with Gasteiger partial charge in [-0.2, -0.15) is 10.1 Å². The van der Waals surface area contributed by atoms with E-state index >= 15 is 0 Å². The predicted molar refractivity (Wildman–Crippen MR) is 104 cm³/mol. The van der Waals surface area contributed by atoms with Crippen molar-refractivity contribution in [3.63, 3.8) is 0 Å². The first-order valence-corrected chi connectivity index (χ1v) is 8.81. The van der Waals surface area contributed by atoms with Gasteiger partial charge in [0.1, 0.15) is 11.4 Å². The van der Waals surface area contributed by atoms with Crippen molar-refractivity contribution >= 4 is 11.6 Å². The van der Waals surface area contributed by atoms with Gasteiger partial charge in [-0.1, -0.05) is 41.0 Å². The van der Waals surface area contributed by atoms with E-state index in [1.165, 1.54) is 10.7 Å². The van der Waals surface area contributed by atoms with Crippen molar-refractivity contribution in [1.82, 2.24) is 19.9 Å². The third kappa shape index (κ3) is 3.79. The maximum atomic E-state index is 12.2. The Morgan fingerprint density at radius 3 is 2.79 bits per heavy atom. The normalized spacial score (nSPS) is 10.8. The van der Waals surface area contributed by atoms with E-state index in [-0.39, 0.29) is 11.4 Å². The van der Waals surface area contributed by atoms with Gasteiger partial charge in [-0.05, 0) is 35.9 Å². The fourth-order valence-electron chi connectivity index (χ4n) is 2.69. The monoisotopic (exact) mass is 394 g/mol. The molecule has 0 bridgehead atoms. The van der Waals surface area contributed by atoms with Crippen LogP contribution in [-0.4, -0.2) is 27.0 Å². The molecule has 0 saturated heterocycles. The minimum absolute atomic E-state index is 0.217. The van der Waals surface area contributed by atoms with Crippen LogP contribution < -0.4 is 10.3 Å². The van der Waals surface area contributed by atoms with Gasteiger partial charge < -0.3 is 9.26 Å². The van der Waals surface area contributed by atoms with Gasteiger partial charge in [0.25, 0.3) is 11.4 Å². The lowest BCUT2D eigenvalue weighted by Crippen LogP contribution is -2.22. The Kier molecular flexibility index (Phi) is 4.90. The minimum atomic E-state index is -0.235. The maximum absolute atomic E-state index is 12.2. The molecule has 0 saturated carbocycles. The fraction of sp³-hybridized carbons (Fsp3) is 0.100. The summed E-state index contributed by atoms with van der Waals surface area (Å²) in [6, 6.07) is 17.6. The third-order valence-electron chi connectivity index (χ3n) is 4.06. The number of hydrogen-bond donors (Lipinski definition) is 0. The smallest absolute Gasteiger partial charge is 0.278 e. The van der Waals surface area contributed by atoms with Gasteiger partial charge in [-0.25, -0.2) is 4.68 Å². The van der Waals surface area contributed by atoms with Crippen molar-refractivity contribution in [2.75, 3.05) is 7.11 Å². The lowest BCUT2D eigenvalue weighted by atomic mass is 10.2. The quantitative estimate of drug-likeness (QED) is 0.513. The Hall–Kier alpha value is -3.45. The number of benzene rings is 2. The molecule has 0 aliphatic rings. The Bertz CT molecular complexity index is 1190. The molecule has 8 heteroatoms. The van der Waals surface area contributed by atoms with E-state index in [4.69, 9.17) is 20.9 Å². The lowest BCUT2D eigenvalue weighted by molar-refractivity contribution is 0.414. The summed E-state index contributed by atoms with van der Waals surface area (Å²) in [4.78, 5) is 16.6. The molecule has 0 aliphatic heterocycles. The second kappa shape index (κ2) is 7.66. The zero-order chi connectivity index (χ0) is 19.5. The molecule has 4 aromatic rings. The topological polar surface area (TPSA) is 83.0 Å². The molecule has 0 aliphatic carbocycles. The first kappa shape index (κ1) is 17.9. The summed E-state index contributed by atoms with van der Waals surface area (Å²) in [5.41, 5.74) is 1.79. The number of halogens is 1. The Morgan fingerprint density at radius 2 is 1.96 bits per heavy atom. The summed E-state index contributed by atoms with van der Waals surface area (Å²) < 4.78 is 11.9. The largest absolute Gasteiger partial charge is 0.497 e. The second-order valence-electron chi connectivity index (χ2n) is 6.00. The van der Waals surface area contributed by atoms with Crippen LogP contribution in [0.3, 0.4) is 0 Å². The van der Waals surface area contributed by atoms with E-state index < -0.39 is 0 Å². The standard InChI is InChI=1S/C20H15ClN4O3/c1-27-16-7-2-4-13(10-16)12-25-18(26)9-8-17(23-25)20-22-19(24-28-20)14-5-3-6-15(21)11-14/h2-11H,12H2,1H3. The average Bonchev–Trinajstić information content (AvgIpc) is 3.20. The molecular weight excluding hydrogens is 380 g/mol. The van der Waals surface area contributed by atoms with Gasteiger partial charge in [0.15, 0.2) is 0 Å². The molecule has 0 amide bonds. The SMILES string of the molecule is COc1cccc(Cn2nc(-c3nc(-c4cccc(Cl)c4)no3)ccc2=O)c1. The summed E-state index contributed by atoms with van der Waals surface area (Å²) in [5, 5.41) is 8.91. The van der Waals surface area contributed by atoms with E-state index in [9.17, 15) is 4.79 Å². The fourth-order valence-corrected chi connectivity index (χ4v) is 2.88. The third-order valence-corrected chi connectivity index (χ3v) is 4.30. The number of nitrogens with zero attached hydrogens (tertiary/aromatic N) is 4. The van der Waals surface area contributed by atoms with Crippen LogP contribution in [0.1, 0.15) is 5.56 Å². The van der Waals surface area contributed by atoms with Crippen molar-refractivity contribution in [1.29, 1.82) is 0 Å². The highest BCUT2D eigenvalue weighted by molar-refractivity contribution is 6.30. The molecule has 0 N–H and O–H groups in total. The average molecular weight is 395 g/mol. The summed E-state index contributed by atoms with van der Waals surface area (Å²) >= 11 is 6.01. The molecular formula is C20H15ClN4O3. The Labute approximate surface area is 165 Å². The minimum Gasteiger partial charge on any atom is -0.497 e.